The Balaban J connectivity index is 3.27. The van der Waals surface area contributed by atoms with Crippen LogP contribution in [-0.2, 0) is 6.67 Å². The van der Waals surface area contributed by atoms with Gasteiger partial charge in [0.25, 0.3) is 0 Å². The number of carbonyl (C=O) groups is 1. The molecule has 0 aromatic heterocycles. The zero-order chi connectivity index (χ0) is 9.14. The number of Topliss-reactive ketones (excluding diaryl/α,β-unsaturated/α-hetero) is 1. The molecule has 12 heavy (non-hydrogen) atoms. The van der Waals surface area contributed by atoms with E-state index in [0.29, 0.717) is 0 Å². The number of hydrogen-bond donors (Lipinski definition) is 0. The van der Waals surface area contributed by atoms with Gasteiger partial charge in [-0.15, -0.1) is 0 Å². The highest BCUT2D eigenvalue weighted by molar-refractivity contribution is 5.95. The van der Waals surface area contributed by atoms with Crippen molar-refractivity contribution in [1.82, 2.24) is 0 Å². The van der Waals surface area contributed by atoms with E-state index in [-0.39, 0.29) is 16.9 Å². The predicted molar refractivity (Wildman–Crippen MR) is 41.2 cm³/mol. The fourth-order valence-corrected chi connectivity index (χ4v) is 1.02. The zero-order valence-corrected chi connectivity index (χ0v) is 6.60. The molecule has 0 atom stereocenters. The van der Waals surface area contributed by atoms with Crippen molar-refractivity contribution in [2.45, 2.75) is 13.6 Å². The van der Waals surface area contributed by atoms with Crippen molar-refractivity contribution < 1.29 is 13.6 Å². The standard InChI is InChI=1S/C9H8F2O/c1-6(12)7-3-2-4-9(11)8(7)5-10/h2-4H,5H2,1H3. The summed E-state index contributed by atoms with van der Waals surface area (Å²) in [5.74, 6) is -0.979. The molecular weight excluding hydrogens is 162 g/mol. The smallest absolute Gasteiger partial charge is 0.160 e. The number of hydrogen-bond acceptors (Lipinski definition) is 1. The van der Waals surface area contributed by atoms with Gasteiger partial charge in [0.15, 0.2) is 5.78 Å². The van der Waals surface area contributed by atoms with Crippen LogP contribution in [0.15, 0.2) is 18.2 Å². The maximum absolute atomic E-state index is 12.8. The first-order valence-corrected chi connectivity index (χ1v) is 3.51. The highest BCUT2D eigenvalue weighted by Crippen LogP contribution is 2.15. The van der Waals surface area contributed by atoms with E-state index in [4.69, 9.17) is 0 Å². The number of alkyl halides is 1. The maximum atomic E-state index is 12.8. The van der Waals surface area contributed by atoms with Crippen LogP contribution >= 0.6 is 0 Å². The van der Waals surface area contributed by atoms with Gasteiger partial charge in [-0.3, -0.25) is 4.79 Å². The number of benzene rings is 1. The van der Waals surface area contributed by atoms with E-state index in [9.17, 15) is 13.6 Å². The van der Waals surface area contributed by atoms with Crippen LogP contribution in [0.25, 0.3) is 0 Å². The Hall–Kier alpha value is -1.25. The normalized spacial score (nSPS) is 9.92. The predicted octanol–water partition coefficient (Wildman–Crippen LogP) is 2.50. The summed E-state index contributed by atoms with van der Waals surface area (Å²) in [5.41, 5.74) is -0.0255. The van der Waals surface area contributed by atoms with Gasteiger partial charge in [-0.2, -0.15) is 0 Å². The van der Waals surface area contributed by atoms with Crippen molar-refractivity contribution in [3.63, 3.8) is 0 Å². The fourth-order valence-electron chi connectivity index (χ4n) is 1.02. The minimum Gasteiger partial charge on any atom is -0.294 e. The SMILES string of the molecule is CC(=O)c1cccc(F)c1CF. The first-order chi connectivity index (χ1) is 5.66. The van der Waals surface area contributed by atoms with Gasteiger partial charge in [-0.05, 0) is 13.0 Å². The third-order valence-electron chi connectivity index (χ3n) is 1.63. The van der Waals surface area contributed by atoms with Crippen molar-refractivity contribution >= 4 is 5.78 Å². The van der Waals surface area contributed by atoms with Crippen LogP contribution in [0, 0.1) is 5.82 Å². The molecule has 0 aliphatic carbocycles. The molecule has 0 aliphatic heterocycles. The molecule has 3 heteroatoms. The molecule has 0 spiro atoms. The lowest BCUT2D eigenvalue weighted by Crippen LogP contribution is -2.00. The molecule has 1 rings (SSSR count). The lowest BCUT2D eigenvalue weighted by Gasteiger charge is -2.02. The quantitative estimate of drug-likeness (QED) is 0.623. The van der Waals surface area contributed by atoms with Crippen molar-refractivity contribution in [1.29, 1.82) is 0 Å². The molecule has 0 bridgehead atoms. The van der Waals surface area contributed by atoms with Crippen LogP contribution in [0.3, 0.4) is 0 Å². The minimum absolute atomic E-state index is 0.123. The van der Waals surface area contributed by atoms with E-state index in [2.05, 4.69) is 0 Å². The second kappa shape index (κ2) is 3.43. The first kappa shape index (κ1) is 8.84. The lowest BCUT2D eigenvalue weighted by atomic mass is 10.1. The average molecular weight is 170 g/mol. The third-order valence-corrected chi connectivity index (χ3v) is 1.63. The van der Waals surface area contributed by atoms with Crippen LogP contribution in [0.4, 0.5) is 8.78 Å². The van der Waals surface area contributed by atoms with Gasteiger partial charge in [0.05, 0.1) is 0 Å². The van der Waals surface area contributed by atoms with Crippen molar-refractivity contribution in [3.8, 4) is 0 Å². The van der Waals surface area contributed by atoms with Crippen molar-refractivity contribution in [3.05, 3.63) is 35.1 Å². The Kier molecular flexibility index (Phi) is 2.53. The van der Waals surface area contributed by atoms with Crippen LogP contribution in [0.2, 0.25) is 0 Å². The minimum atomic E-state index is -0.943. The molecule has 0 saturated heterocycles. The van der Waals surface area contributed by atoms with Crippen LogP contribution in [-0.4, -0.2) is 5.78 Å². The molecule has 1 aromatic carbocycles. The summed E-state index contributed by atoms with van der Waals surface area (Å²) in [5, 5.41) is 0. The molecule has 0 saturated carbocycles. The van der Waals surface area contributed by atoms with Gasteiger partial charge in [-0.1, -0.05) is 12.1 Å². The summed E-state index contributed by atoms with van der Waals surface area (Å²) in [6.45, 7) is 0.343. The van der Waals surface area contributed by atoms with E-state index in [0.717, 1.165) is 6.07 Å². The Morgan fingerprint density at radius 3 is 2.58 bits per heavy atom. The van der Waals surface area contributed by atoms with Crippen LogP contribution in [0.1, 0.15) is 22.8 Å². The van der Waals surface area contributed by atoms with E-state index in [1.54, 1.807) is 0 Å². The van der Waals surface area contributed by atoms with E-state index in [1.165, 1.54) is 19.1 Å². The molecule has 0 N–H and O–H groups in total. The van der Waals surface area contributed by atoms with Gasteiger partial charge in [-0.25, -0.2) is 8.78 Å². The van der Waals surface area contributed by atoms with Gasteiger partial charge >= 0.3 is 0 Å². The molecule has 0 heterocycles. The van der Waals surface area contributed by atoms with Gasteiger partial charge in [0.2, 0.25) is 0 Å². The zero-order valence-electron chi connectivity index (χ0n) is 6.60. The fraction of sp³-hybridized carbons (Fsp3) is 0.222. The summed E-state index contributed by atoms with van der Waals surface area (Å²) in [4.78, 5) is 10.8. The number of halogens is 2. The second-order valence-corrected chi connectivity index (χ2v) is 2.46. The van der Waals surface area contributed by atoms with Gasteiger partial charge < -0.3 is 0 Å². The van der Waals surface area contributed by atoms with E-state index < -0.39 is 12.5 Å². The Morgan fingerprint density at radius 1 is 1.50 bits per heavy atom. The summed E-state index contributed by atoms with van der Waals surface area (Å²) in [7, 11) is 0. The number of ketones is 1. The monoisotopic (exact) mass is 170 g/mol. The maximum Gasteiger partial charge on any atom is 0.160 e. The molecule has 0 unspecified atom stereocenters. The molecule has 1 nitrogen and oxygen atoms in total. The van der Waals surface area contributed by atoms with Crippen molar-refractivity contribution in [2.75, 3.05) is 0 Å². The second-order valence-electron chi connectivity index (χ2n) is 2.46. The molecule has 1 aromatic rings. The third kappa shape index (κ3) is 1.49. The van der Waals surface area contributed by atoms with Crippen molar-refractivity contribution in [2.24, 2.45) is 0 Å². The summed E-state index contributed by atoms with van der Waals surface area (Å²) in [6, 6.07) is 3.95. The topological polar surface area (TPSA) is 17.1 Å². The highest BCUT2D eigenvalue weighted by Gasteiger charge is 2.10. The Labute approximate surface area is 69.0 Å². The molecular formula is C9H8F2O. The lowest BCUT2D eigenvalue weighted by molar-refractivity contribution is 0.101. The van der Waals surface area contributed by atoms with Gasteiger partial charge in [0, 0.05) is 11.1 Å². The first-order valence-electron chi connectivity index (χ1n) is 3.51. The Morgan fingerprint density at radius 2 is 2.17 bits per heavy atom. The molecule has 0 amide bonds. The molecule has 64 valence electrons. The van der Waals surface area contributed by atoms with E-state index in [1.807, 2.05) is 0 Å². The summed E-state index contributed by atoms with van der Waals surface area (Å²) in [6.07, 6.45) is 0. The number of carbonyl (C=O) groups excluding carboxylic acids is 1. The molecule has 0 aliphatic rings. The van der Waals surface area contributed by atoms with Gasteiger partial charge in [0.1, 0.15) is 12.5 Å². The van der Waals surface area contributed by atoms with Crippen LogP contribution < -0.4 is 0 Å². The number of rotatable bonds is 2. The van der Waals surface area contributed by atoms with E-state index >= 15 is 0 Å². The largest absolute Gasteiger partial charge is 0.294 e. The summed E-state index contributed by atoms with van der Waals surface area (Å²) >= 11 is 0. The summed E-state index contributed by atoms with van der Waals surface area (Å²) < 4.78 is 25.0. The average Bonchev–Trinajstić information content (AvgIpc) is 2.03. The molecule has 0 radical (unpaired) electrons. The Bertz CT molecular complexity index is 307. The van der Waals surface area contributed by atoms with Crippen LogP contribution in [0.5, 0.6) is 0 Å². The molecule has 0 fully saturated rings. The highest BCUT2D eigenvalue weighted by atomic mass is 19.1.